The maximum absolute atomic E-state index is 13.1. The van der Waals surface area contributed by atoms with Crippen LogP contribution in [0, 0.1) is 12.7 Å². The Labute approximate surface area is 134 Å². The summed E-state index contributed by atoms with van der Waals surface area (Å²) in [5.74, 6) is -0.452. The maximum Gasteiger partial charge on any atom is 0.239 e. The summed E-state index contributed by atoms with van der Waals surface area (Å²) in [4.78, 5) is 14.1. The van der Waals surface area contributed by atoms with E-state index < -0.39 is 11.9 Å². The zero-order valence-corrected chi connectivity index (χ0v) is 13.1. The molecule has 0 bridgehead atoms. The first-order valence-electron chi connectivity index (χ1n) is 7.85. The number of nitrogens with two attached hydrogens (primary N) is 1. The summed E-state index contributed by atoms with van der Waals surface area (Å²) < 4.78 is 13.1. The van der Waals surface area contributed by atoms with E-state index in [1.165, 1.54) is 12.1 Å². The van der Waals surface area contributed by atoms with Crippen molar-refractivity contribution in [2.45, 2.75) is 31.7 Å². The van der Waals surface area contributed by atoms with Crippen molar-refractivity contribution >= 4 is 5.91 Å². The van der Waals surface area contributed by atoms with E-state index in [1.807, 2.05) is 13.0 Å². The SMILES string of the molecule is Cc1cc([C@@H]2CCCN([C@@H](C(N)=O)c3ccc(F)cc3)C2)n[nH]1. The molecule has 2 aromatic rings. The minimum absolute atomic E-state index is 0.274. The maximum atomic E-state index is 13.1. The largest absolute Gasteiger partial charge is 0.368 e. The van der Waals surface area contributed by atoms with E-state index >= 15 is 0 Å². The quantitative estimate of drug-likeness (QED) is 0.908. The monoisotopic (exact) mass is 316 g/mol. The molecule has 2 heterocycles. The number of aromatic amines is 1. The summed E-state index contributed by atoms with van der Waals surface area (Å²) in [6.45, 7) is 3.49. The van der Waals surface area contributed by atoms with Gasteiger partial charge in [0.1, 0.15) is 11.9 Å². The second-order valence-electron chi connectivity index (χ2n) is 6.17. The number of H-pyrrole nitrogens is 1. The molecule has 2 atom stereocenters. The van der Waals surface area contributed by atoms with Crippen molar-refractivity contribution in [3.8, 4) is 0 Å². The number of nitrogens with one attached hydrogen (secondary N) is 1. The second kappa shape index (κ2) is 6.50. The summed E-state index contributed by atoms with van der Waals surface area (Å²) in [6.07, 6.45) is 2.01. The number of carbonyl (C=O) groups is 1. The van der Waals surface area contributed by atoms with Crippen LogP contribution in [-0.4, -0.2) is 34.1 Å². The molecule has 1 amide bonds. The van der Waals surface area contributed by atoms with E-state index in [1.54, 1.807) is 12.1 Å². The molecule has 5 nitrogen and oxygen atoms in total. The molecule has 0 radical (unpaired) electrons. The second-order valence-corrected chi connectivity index (χ2v) is 6.17. The summed E-state index contributed by atoms with van der Waals surface area (Å²) in [5, 5.41) is 7.31. The molecule has 1 aliphatic rings. The van der Waals surface area contributed by atoms with E-state index in [0.29, 0.717) is 0 Å². The number of hydrogen-bond acceptors (Lipinski definition) is 3. The number of hydrogen-bond donors (Lipinski definition) is 2. The first-order chi connectivity index (χ1) is 11.0. The third kappa shape index (κ3) is 3.42. The fourth-order valence-corrected chi connectivity index (χ4v) is 3.33. The molecule has 1 aromatic carbocycles. The highest BCUT2D eigenvalue weighted by molar-refractivity contribution is 5.81. The van der Waals surface area contributed by atoms with E-state index in [-0.39, 0.29) is 11.7 Å². The molecule has 0 saturated carbocycles. The van der Waals surface area contributed by atoms with Gasteiger partial charge in [-0.2, -0.15) is 5.10 Å². The third-order valence-corrected chi connectivity index (χ3v) is 4.42. The number of rotatable bonds is 4. The number of primary amides is 1. The average Bonchev–Trinajstić information content (AvgIpc) is 2.96. The molecule has 3 N–H and O–H groups in total. The lowest BCUT2D eigenvalue weighted by atomic mass is 9.92. The minimum atomic E-state index is -0.529. The van der Waals surface area contributed by atoms with Gasteiger partial charge < -0.3 is 5.73 Å². The number of piperidine rings is 1. The summed E-state index contributed by atoms with van der Waals surface area (Å²) >= 11 is 0. The minimum Gasteiger partial charge on any atom is -0.368 e. The molecule has 1 fully saturated rings. The van der Waals surface area contributed by atoms with Gasteiger partial charge >= 0.3 is 0 Å². The van der Waals surface area contributed by atoms with Crippen LogP contribution in [0.4, 0.5) is 4.39 Å². The van der Waals surface area contributed by atoms with Crippen LogP contribution in [0.15, 0.2) is 30.3 Å². The summed E-state index contributed by atoms with van der Waals surface area (Å²) in [5.41, 5.74) is 8.42. The Bertz CT molecular complexity index is 682. The number of likely N-dealkylation sites (tertiary alicyclic amines) is 1. The standard InChI is InChI=1S/C17H21FN4O/c1-11-9-15(21-20-11)13-3-2-8-22(10-13)16(17(19)23)12-4-6-14(18)7-5-12/h4-7,9,13,16H,2-3,8,10H2,1H3,(H2,19,23)(H,20,21)/t13-,16-/m1/s1. The van der Waals surface area contributed by atoms with Crippen molar-refractivity contribution < 1.29 is 9.18 Å². The molecule has 1 saturated heterocycles. The van der Waals surface area contributed by atoms with E-state index in [9.17, 15) is 9.18 Å². The predicted molar refractivity (Wildman–Crippen MR) is 85.2 cm³/mol. The summed E-state index contributed by atoms with van der Waals surface area (Å²) in [7, 11) is 0. The van der Waals surface area contributed by atoms with Gasteiger partial charge in [-0.05, 0) is 50.1 Å². The molecule has 1 aromatic heterocycles. The lowest BCUT2D eigenvalue weighted by molar-refractivity contribution is -0.124. The number of aryl methyl sites for hydroxylation is 1. The average molecular weight is 316 g/mol. The highest BCUT2D eigenvalue weighted by Gasteiger charge is 2.31. The Morgan fingerprint density at radius 1 is 1.43 bits per heavy atom. The molecular weight excluding hydrogens is 295 g/mol. The van der Waals surface area contributed by atoms with Crippen molar-refractivity contribution in [3.05, 3.63) is 53.1 Å². The van der Waals surface area contributed by atoms with Crippen LogP contribution in [0.5, 0.6) is 0 Å². The highest BCUT2D eigenvalue weighted by Crippen LogP contribution is 2.31. The highest BCUT2D eigenvalue weighted by atomic mass is 19.1. The molecule has 0 aliphatic carbocycles. The number of carbonyl (C=O) groups excluding carboxylic acids is 1. The van der Waals surface area contributed by atoms with Crippen LogP contribution < -0.4 is 5.73 Å². The lowest BCUT2D eigenvalue weighted by Gasteiger charge is -2.36. The number of aromatic nitrogens is 2. The van der Waals surface area contributed by atoms with Crippen LogP contribution in [0.25, 0.3) is 0 Å². The Hall–Kier alpha value is -2.21. The molecule has 23 heavy (non-hydrogen) atoms. The number of halogens is 1. The molecular formula is C17H21FN4O. The van der Waals surface area contributed by atoms with Gasteiger partial charge in [0.25, 0.3) is 0 Å². The smallest absolute Gasteiger partial charge is 0.239 e. The van der Waals surface area contributed by atoms with Gasteiger partial charge in [0.05, 0.1) is 5.69 Å². The Balaban J connectivity index is 1.82. The Kier molecular flexibility index (Phi) is 4.43. The van der Waals surface area contributed by atoms with E-state index in [0.717, 1.165) is 42.9 Å². The fourth-order valence-electron chi connectivity index (χ4n) is 3.33. The van der Waals surface area contributed by atoms with Crippen molar-refractivity contribution in [2.75, 3.05) is 13.1 Å². The van der Waals surface area contributed by atoms with Crippen LogP contribution in [-0.2, 0) is 4.79 Å². The topological polar surface area (TPSA) is 75.0 Å². The molecule has 0 spiro atoms. The zero-order valence-electron chi connectivity index (χ0n) is 13.1. The number of benzene rings is 1. The van der Waals surface area contributed by atoms with Gasteiger partial charge in [0, 0.05) is 18.2 Å². The normalized spacial score (nSPS) is 20.3. The van der Waals surface area contributed by atoms with Crippen molar-refractivity contribution in [3.63, 3.8) is 0 Å². The zero-order chi connectivity index (χ0) is 16.4. The predicted octanol–water partition coefficient (Wildman–Crippen LogP) is 2.26. The van der Waals surface area contributed by atoms with Gasteiger partial charge in [-0.1, -0.05) is 12.1 Å². The molecule has 1 aliphatic heterocycles. The van der Waals surface area contributed by atoms with Crippen LogP contribution in [0.1, 0.15) is 41.8 Å². The van der Waals surface area contributed by atoms with Crippen molar-refractivity contribution in [2.24, 2.45) is 5.73 Å². The third-order valence-electron chi connectivity index (χ3n) is 4.42. The summed E-state index contributed by atoms with van der Waals surface area (Å²) in [6, 6.07) is 7.51. The molecule has 0 unspecified atom stereocenters. The van der Waals surface area contributed by atoms with Crippen molar-refractivity contribution in [1.82, 2.24) is 15.1 Å². The van der Waals surface area contributed by atoms with Gasteiger partial charge in [-0.15, -0.1) is 0 Å². The van der Waals surface area contributed by atoms with Crippen LogP contribution in [0.3, 0.4) is 0 Å². The molecule has 122 valence electrons. The van der Waals surface area contributed by atoms with Gasteiger partial charge in [-0.25, -0.2) is 4.39 Å². The van der Waals surface area contributed by atoms with E-state index in [4.69, 9.17) is 5.73 Å². The first-order valence-corrected chi connectivity index (χ1v) is 7.85. The van der Waals surface area contributed by atoms with Crippen LogP contribution >= 0.6 is 0 Å². The van der Waals surface area contributed by atoms with Gasteiger partial charge in [0.15, 0.2) is 0 Å². The molecule has 6 heteroatoms. The van der Waals surface area contributed by atoms with E-state index in [2.05, 4.69) is 15.1 Å². The number of amides is 1. The van der Waals surface area contributed by atoms with Crippen molar-refractivity contribution in [1.29, 1.82) is 0 Å². The fraction of sp³-hybridized carbons (Fsp3) is 0.412. The van der Waals surface area contributed by atoms with Gasteiger partial charge in [0.2, 0.25) is 5.91 Å². The van der Waals surface area contributed by atoms with Gasteiger partial charge in [-0.3, -0.25) is 14.8 Å². The first kappa shape index (κ1) is 15.7. The van der Waals surface area contributed by atoms with Crippen LogP contribution in [0.2, 0.25) is 0 Å². The Morgan fingerprint density at radius 3 is 2.78 bits per heavy atom. The number of nitrogens with zero attached hydrogens (tertiary/aromatic N) is 2. The lowest BCUT2D eigenvalue weighted by Crippen LogP contribution is -2.43. The molecule has 3 rings (SSSR count). The Morgan fingerprint density at radius 2 is 2.17 bits per heavy atom.